The molecular formula is C22H19ClN4O4S. The van der Waals surface area contributed by atoms with E-state index in [1.54, 1.807) is 49.5 Å². The molecule has 0 aliphatic carbocycles. The number of nitrogens with zero attached hydrogens (tertiary/aromatic N) is 4. The second-order valence-electron chi connectivity index (χ2n) is 7.21. The average Bonchev–Trinajstić information content (AvgIpc) is 3.11. The number of carbonyl (C=O) groups is 1. The molecule has 0 atom stereocenters. The lowest BCUT2D eigenvalue weighted by atomic mass is 10.1. The van der Waals surface area contributed by atoms with E-state index < -0.39 is 16.0 Å². The Balaban J connectivity index is 1.84. The lowest BCUT2D eigenvalue weighted by molar-refractivity contribution is -0.137. The van der Waals surface area contributed by atoms with Crippen LogP contribution in [0.25, 0.3) is 22.3 Å². The van der Waals surface area contributed by atoms with E-state index in [-0.39, 0.29) is 29.3 Å². The highest BCUT2D eigenvalue weighted by Crippen LogP contribution is 2.29. The van der Waals surface area contributed by atoms with Crippen molar-refractivity contribution >= 4 is 38.6 Å². The van der Waals surface area contributed by atoms with Gasteiger partial charge in [-0.05, 0) is 56.2 Å². The number of aromatic nitrogens is 4. The van der Waals surface area contributed by atoms with Gasteiger partial charge in [0.15, 0.2) is 0 Å². The Labute approximate surface area is 189 Å². The van der Waals surface area contributed by atoms with E-state index >= 15 is 0 Å². The molecule has 4 aromatic rings. The maximum absolute atomic E-state index is 13.7. The molecule has 0 spiro atoms. The van der Waals surface area contributed by atoms with E-state index in [2.05, 4.69) is 15.0 Å². The first-order chi connectivity index (χ1) is 15.3. The van der Waals surface area contributed by atoms with E-state index in [4.69, 9.17) is 16.7 Å². The summed E-state index contributed by atoms with van der Waals surface area (Å²) in [5.74, 6) is -0.361. The van der Waals surface area contributed by atoms with E-state index in [9.17, 15) is 13.2 Å². The van der Waals surface area contributed by atoms with Gasteiger partial charge in [0.25, 0.3) is 10.0 Å². The van der Waals surface area contributed by atoms with Crippen LogP contribution in [0.5, 0.6) is 0 Å². The number of rotatable bonds is 7. The Hall–Kier alpha value is -3.30. The van der Waals surface area contributed by atoms with Crippen molar-refractivity contribution in [3.8, 4) is 11.3 Å². The minimum Gasteiger partial charge on any atom is -0.481 e. The smallest absolute Gasteiger partial charge is 0.303 e. The van der Waals surface area contributed by atoms with Gasteiger partial charge in [-0.3, -0.25) is 4.79 Å². The number of fused-ring (bicyclic) bond motifs is 1. The largest absolute Gasteiger partial charge is 0.481 e. The lowest BCUT2D eigenvalue weighted by Crippen LogP contribution is -2.16. The molecule has 1 aromatic carbocycles. The molecular weight excluding hydrogens is 452 g/mol. The van der Waals surface area contributed by atoms with Crippen molar-refractivity contribution in [2.75, 3.05) is 0 Å². The van der Waals surface area contributed by atoms with Crippen molar-refractivity contribution in [2.24, 2.45) is 0 Å². The maximum Gasteiger partial charge on any atom is 0.303 e. The van der Waals surface area contributed by atoms with Crippen LogP contribution in [0.3, 0.4) is 0 Å². The van der Waals surface area contributed by atoms with Crippen LogP contribution in [0.4, 0.5) is 0 Å². The van der Waals surface area contributed by atoms with Crippen molar-refractivity contribution < 1.29 is 18.3 Å². The van der Waals surface area contributed by atoms with Crippen LogP contribution < -0.4 is 0 Å². The zero-order valence-electron chi connectivity index (χ0n) is 17.1. The van der Waals surface area contributed by atoms with Crippen molar-refractivity contribution in [2.45, 2.75) is 31.1 Å². The van der Waals surface area contributed by atoms with Crippen LogP contribution in [0.2, 0.25) is 5.15 Å². The first kappa shape index (κ1) is 21.9. The number of aliphatic carboxylic acids is 1. The van der Waals surface area contributed by atoms with E-state index in [1.807, 2.05) is 0 Å². The number of aryl methyl sites for hydroxylation is 2. The molecule has 0 fully saturated rings. The Kier molecular flexibility index (Phi) is 5.94. The predicted molar refractivity (Wildman–Crippen MR) is 120 cm³/mol. The molecule has 0 saturated heterocycles. The normalized spacial score (nSPS) is 11.7. The molecule has 10 heteroatoms. The Bertz CT molecular complexity index is 1430. The zero-order valence-corrected chi connectivity index (χ0v) is 18.6. The number of pyridine rings is 1. The molecule has 0 radical (unpaired) electrons. The number of benzene rings is 1. The van der Waals surface area contributed by atoms with Crippen LogP contribution >= 0.6 is 11.6 Å². The summed E-state index contributed by atoms with van der Waals surface area (Å²) < 4.78 is 28.7. The summed E-state index contributed by atoms with van der Waals surface area (Å²) in [5.41, 5.74) is 2.50. The summed E-state index contributed by atoms with van der Waals surface area (Å²) in [7, 11) is -4.01. The summed E-state index contributed by atoms with van der Waals surface area (Å²) in [5, 5.41) is 9.21. The summed E-state index contributed by atoms with van der Waals surface area (Å²) in [6.45, 7) is 1.76. The van der Waals surface area contributed by atoms with Crippen molar-refractivity contribution in [3.05, 3.63) is 71.4 Å². The topological polar surface area (TPSA) is 115 Å². The lowest BCUT2D eigenvalue weighted by Gasteiger charge is -2.13. The maximum atomic E-state index is 13.7. The quantitative estimate of drug-likeness (QED) is 0.404. The van der Waals surface area contributed by atoms with Gasteiger partial charge in [0.2, 0.25) is 0 Å². The molecule has 4 rings (SSSR count). The second-order valence-corrected chi connectivity index (χ2v) is 9.38. The highest BCUT2D eigenvalue weighted by Gasteiger charge is 2.24. The van der Waals surface area contributed by atoms with Crippen molar-refractivity contribution in [1.82, 2.24) is 18.9 Å². The van der Waals surface area contributed by atoms with E-state index in [1.165, 1.54) is 16.1 Å². The molecule has 0 amide bonds. The van der Waals surface area contributed by atoms with Crippen molar-refractivity contribution in [1.29, 1.82) is 0 Å². The van der Waals surface area contributed by atoms with Gasteiger partial charge in [-0.2, -0.15) is 0 Å². The minimum absolute atomic E-state index is 0.0711. The van der Waals surface area contributed by atoms with E-state index in [0.717, 1.165) is 0 Å². The number of halogens is 1. The monoisotopic (exact) mass is 470 g/mol. The molecule has 0 bridgehead atoms. The third kappa shape index (κ3) is 4.35. The van der Waals surface area contributed by atoms with Gasteiger partial charge in [-0.1, -0.05) is 23.7 Å². The van der Waals surface area contributed by atoms with Crippen LogP contribution in [0, 0.1) is 6.92 Å². The van der Waals surface area contributed by atoms with Gasteiger partial charge in [-0.25, -0.2) is 27.3 Å². The number of hydrogen-bond donors (Lipinski definition) is 1. The number of hydrogen-bond acceptors (Lipinski definition) is 6. The minimum atomic E-state index is -4.01. The van der Waals surface area contributed by atoms with Crippen LogP contribution in [-0.2, 0) is 21.2 Å². The van der Waals surface area contributed by atoms with Gasteiger partial charge in [0.1, 0.15) is 11.0 Å². The van der Waals surface area contributed by atoms with E-state index in [0.29, 0.717) is 33.8 Å². The summed E-state index contributed by atoms with van der Waals surface area (Å²) in [6.07, 6.45) is 2.09. The third-order valence-corrected chi connectivity index (χ3v) is 6.89. The summed E-state index contributed by atoms with van der Waals surface area (Å²) in [4.78, 5) is 23.7. The molecule has 32 heavy (non-hydrogen) atoms. The third-order valence-electron chi connectivity index (χ3n) is 4.92. The molecule has 164 valence electrons. The molecule has 0 saturated carbocycles. The van der Waals surface area contributed by atoms with Gasteiger partial charge in [-0.15, -0.1) is 0 Å². The highest BCUT2D eigenvalue weighted by molar-refractivity contribution is 7.90. The number of carboxylic acid groups (broad SMARTS) is 1. The number of carboxylic acids is 1. The van der Waals surface area contributed by atoms with Gasteiger partial charge in [0, 0.05) is 23.9 Å². The second kappa shape index (κ2) is 8.68. The first-order valence-electron chi connectivity index (χ1n) is 9.80. The Morgan fingerprint density at radius 2 is 1.94 bits per heavy atom. The van der Waals surface area contributed by atoms with Crippen LogP contribution in [-0.4, -0.2) is 38.4 Å². The fourth-order valence-electron chi connectivity index (χ4n) is 3.51. The molecule has 1 N–H and O–H groups in total. The average molecular weight is 471 g/mol. The first-order valence-corrected chi connectivity index (χ1v) is 11.6. The predicted octanol–water partition coefficient (Wildman–Crippen LogP) is 4.10. The molecule has 0 aliphatic rings. The fourth-order valence-corrected chi connectivity index (χ4v) is 5.27. The molecule has 3 heterocycles. The zero-order chi connectivity index (χ0) is 22.9. The van der Waals surface area contributed by atoms with Gasteiger partial charge >= 0.3 is 5.97 Å². The van der Waals surface area contributed by atoms with Crippen LogP contribution in [0.15, 0.2) is 59.6 Å². The molecule has 0 unspecified atom stereocenters. The summed E-state index contributed by atoms with van der Waals surface area (Å²) >= 11 is 6.00. The van der Waals surface area contributed by atoms with Crippen LogP contribution in [0.1, 0.15) is 24.4 Å². The standard InChI is InChI=1S/C22H19ClN4O4S/c1-14-24-11-10-18(25-14)15-4-2-6-17(12-15)32(30,31)27-16(5-3-7-22(28)29)13-19-20(27)8-9-21(23)26-19/h2,4,6,8-13H,3,5,7H2,1H3,(H,28,29). The van der Waals surface area contributed by atoms with Gasteiger partial charge < -0.3 is 5.11 Å². The molecule has 8 nitrogen and oxygen atoms in total. The van der Waals surface area contributed by atoms with Gasteiger partial charge in [0.05, 0.1) is 21.6 Å². The molecule has 0 aliphatic heterocycles. The SMILES string of the molecule is Cc1nccc(-c2cccc(S(=O)(=O)n3c(CCCC(=O)O)cc4nc(Cl)ccc43)c2)n1. The van der Waals surface area contributed by atoms with Crippen molar-refractivity contribution in [3.63, 3.8) is 0 Å². The summed E-state index contributed by atoms with van der Waals surface area (Å²) in [6, 6.07) is 13.0. The molecule has 3 aromatic heterocycles. The Morgan fingerprint density at radius 3 is 2.69 bits per heavy atom. The Morgan fingerprint density at radius 1 is 1.12 bits per heavy atom. The fraction of sp³-hybridized carbons (Fsp3) is 0.182. The highest BCUT2D eigenvalue weighted by atomic mass is 35.5.